The van der Waals surface area contributed by atoms with E-state index in [0.717, 1.165) is 19.4 Å². The lowest BCUT2D eigenvalue weighted by Gasteiger charge is -2.40. The maximum absolute atomic E-state index is 6.23. The van der Waals surface area contributed by atoms with Gasteiger partial charge in [0.2, 0.25) is 0 Å². The van der Waals surface area contributed by atoms with Crippen LogP contribution in [0.1, 0.15) is 46.5 Å². The summed E-state index contributed by atoms with van der Waals surface area (Å²) in [5.41, 5.74) is 0. The first kappa shape index (κ1) is 17.1. The van der Waals surface area contributed by atoms with Gasteiger partial charge in [-0.1, -0.05) is 51.1 Å². The van der Waals surface area contributed by atoms with Gasteiger partial charge in [-0.3, -0.25) is 0 Å². The lowest BCUT2D eigenvalue weighted by atomic mass is 9.56. The zero-order valence-electron chi connectivity index (χ0n) is 12.2. The second kappa shape index (κ2) is 8.26. The first-order valence-corrected chi connectivity index (χ1v) is 7.30. The molecule has 0 aromatic rings. The lowest BCUT2D eigenvalue weighted by Crippen LogP contribution is -2.30. The Balaban J connectivity index is 0.00000121. The van der Waals surface area contributed by atoms with Gasteiger partial charge >= 0.3 is 0 Å². The molecule has 3 unspecified atom stereocenters. The molecule has 3 heteroatoms. The summed E-state index contributed by atoms with van der Waals surface area (Å²) in [5, 5.41) is 2.00. The van der Waals surface area contributed by atoms with E-state index in [1.807, 2.05) is 19.2 Å². The van der Waals surface area contributed by atoms with Crippen molar-refractivity contribution in [3.8, 4) is 0 Å². The smallest absolute Gasteiger partial charge is 0.0742 e. The van der Waals surface area contributed by atoms with Crippen molar-refractivity contribution in [2.75, 3.05) is 20.6 Å². The van der Waals surface area contributed by atoms with Crippen LogP contribution in [-0.2, 0) is 0 Å². The molecule has 0 aromatic carbocycles. The summed E-state index contributed by atoms with van der Waals surface area (Å²) in [4.78, 5) is 2.24. The van der Waals surface area contributed by atoms with E-state index in [-0.39, 0.29) is 5.31 Å². The van der Waals surface area contributed by atoms with Crippen LogP contribution in [0.2, 0.25) is 5.31 Å². The summed E-state index contributed by atoms with van der Waals surface area (Å²) >= 11 is 5.12. The Morgan fingerprint density at radius 1 is 1.41 bits per heavy atom. The van der Waals surface area contributed by atoms with Crippen LogP contribution in [-0.4, -0.2) is 38.8 Å². The van der Waals surface area contributed by atoms with Crippen molar-refractivity contribution in [1.29, 1.82) is 0 Å². The van der Waals surface area contributed by atoms with Crippen LogP contribution in [0.4, 0.5) is 0 Å². The summed E-state index contributed by atoms with van der Waals surface area (Å²) in [6.45, 7) is 7.32. The van der Waals surface area contributed by atoms with Crippen LogP contribution >= 0.6 is 12.2 Å². The van der Waals surface area contributed by atoms with Gasteiger partial charge in [0.05, 0.1) is 7.85 Å². The van der Waals surface area contributed by atoms with Gasteiger partial charge < -0.3 is 4.90 Å². The zero-order chi connectivity index (χ0) is 13.5. The zero-order valence-corrected chi connectivity index (χ0v) is 13.0. The van der Waals surface area contributed by atoms with E-state index in [9.17, 15) is 0 Å². The van der Waals surface area contributed by atoms with Crippen LogP contribution in [0.25, 0.3) is 0 Å². The van der Waals surface area contributed by atoms with E-state index >= 15 is 0 Å². The molecule has 0 bridgehead atoms. The van der Waals surface area contributed by atoms with Gasteiger partial charge in [0.15, 0.2) is 0 Å². The average Bonchev–Trinajstić information content (AvgIpc) is 2.28. The number of nitrogens with zero attached hydrogens (tertiary/aromatic N) is 1. The fourth-order valence-corrected chi connectivity index (χ4v) is 2.86. The molecule has 1 saturated carbocycles. The molecule has 0 N–H and O–H groups in total. The topological polar surface area (TPSA) is 3.24 Å². The molecule has 0 saturated heterocycles. The maximum atomic E-state index is 6.23. The van der Waals surface area contributed by atoms with Gasteiger partial charge in [0, 0.05) is 0 Å². The maximum Gasteiger partial charge on any atom is 0.0742 e. The minimum atomic E-state index is 0.0336. The van der Waals surface area contributed by atoms with E-state index in [4.69, 9.17) is 20.1 Å². The van der Waals surface area contributed by atoms with Gasteiger partial charge in [0.25, 0.3) is 0 Å². The molecule has 1 rings (SSSR count). The fraction of sp³-hybridized carbons (Fsp3) is 0.929. The van der Waals surface area contributed by atoms with Crippen LogP contribution < -0.4 is 0 Å². The first-order chi connectivity index (χ1) is 7.94. The number of thiocarbonyl (C=S) groups is 1. The quantitative estimate of drug-likeness (QED) is 0.555. The highest BCUT2D eigenvalue weighted by Crippen LogP contribution is 2.45. The fourth-order valence-electron chi connectivity index (χ4n) is 2.50. The Labute approximate surface area is 115 Å². The Morgan fingerprint density at radius 3 is 2.47 bits per heavy atom. The van der Waals surface area contributed by atoms with Gasteiger partial charge in [-0.25, -0.2) is 0 Å². The average molecular weight is 253 g/mol. The van der Waals surface area contributed by atoms with Crippen LogP contribution in [0.3, 0.4) is 0 Å². The molecule has 0 aliphatic heterocycles. The molecule has 0 heterocycles. The van der Waals surface area contributed by atoms with Crippen molar-refractivity contribution < 1.29 is 0 Å². The van der Waals surface area contributed by atoms with E-state index in [1.165, 1.54) is 12.8 Å². The molecule has 3 atom stereocenters. The van der Waals surface area contributed by atoms with E-state index in [2.05, 4.69) is 25.9 Å². The summed E-state index contributed by atoms with van der Waals surface area (Å²) in [6, 6.07) is 0. The van der Waals surface area contributed by atoms with Gasteiger partial charge in [-0.05, 0) is 50.7 Å². The second-order valence-corrected chi connectivity index (χ2v) is 5.82. The third-order valence-corrected chi connectivity index (χ3v) is 3.85. The van der Waals surface area contributed by atoms with Crippen molar-refractivity contribution in [3.05, 3.63) is 0 Å². The Morgan fingerprint density at radius 2 is 2.00 bits per heavy atom. The predicted octanol–water partition coefficient (Wildman–Crippen LogP) is 3.73. The first-order valence-electron chi connectivity index (χ1n) is 6.83. The lowest BCUT2D eigenvalue weighted by molar-refractivity contribution is 0.222. The van der Waals surface area contributed by atoms with Crippen LogP contribution in [0.5, 0.6) is 0 Å². The van der Waals surface area contributed by atoms with Gasteiger partial charge in [0.1, 0.15) is 0 Å². The number of hydrogen-bond donors (Lipinski definition) is 0. The van der Waals surface area contributed by atoms with E-state index in [1.54, 1.807) is 0 Å². The third-order valence-electron chi connectivity index (χ3n) is 3.50. The van der Waals surface area contributed by atoms with Crippen molar-refractivity contribution in [1.82, 2.24) is 4.90 Å². The molecular formula is C14H28BNS. The SMILES string of the molecule is CC.[B]C1(C)CCC(C=S)C(CCN(C)C)C1. The normalized spacial score (nSPS) is 32.8. The minimum Gasteiger partial charge on any atom is -0.309 e. The molecule has 0 amide bonds. The van der Waals surface area contributed by atoms with E-state index in [0.29, 0.717) is 11.8 Å². The summed E-state index contributed by atoms with van der Waals surface area (Å²) < 4.78 is 0. The predicted molar refractivity (Wildman–Crippen MR) is 83.1 cm³/mol. The summed E-state index contributed by atoms with van der Waals surface area (Å²) in [7, 11) is 10.5. The Bertz CT molecular complexity index is 216. The standard InChI is InChI=1S/C12H22BNS.C2H6/c1-12(13)6-4-11(9-15)10(8-12)5-7-14(2)3;1-2/h9-11H,4-8H2,1-3H3;1-2H3. The molecule has 2 radical (unpaired) electrons. The highest BCUT2D eigenvalue weighted by molar-refractivity contribution is 7.79. The van der Waals surface area contributed by atoms with Crippen LogP contribution in [0.15, 0.2) is 0 Å². The molecule has 98 valence electrons. The highest BCUT2D eigenvalue weighted by atomic mass is 32.1. The van der Waals surface area contributed by atoms with Gasteiger partial charge in [-0.2, -0.15) is 0 Å². The molecule has 1 aliphatic rings. The van der Waals surface area contributed by atoms with Crippen molar-refractivity contribution in [2.24, 2.45) is 11.8 Å². The summed E-state index contributed by atoms with van der Waals surface area (Å²) in [6.07, 6.45) is 4.63. The Kier molecular flexibility index (Phi) is 8.31. The molecular weight excluding hydrogens is 225 g/mol. The Hall–Kier alpha value is 0.115. The van der Waals surface area contributed by atoms with E-state index < -0.39 is 0 Å². The van der Waals surface area contributed by atoms with Crippen LogP contribution in [0, 0.1) is 11.8 Å². The van der Waals surface area contributed by atoms with Crippen molar-refractivity contribution in [3.63, 3.8) is 0 Å². The highest BCUT2D eigenvalue weighted by Gasteiger charge is 2.32. The van der Waals surface area contributed by atoms with Gasteiger partial charge in [-0.15, -0.1) is 0 Å². The number of rotatable bonds is 4. The second-order valence-electron chi connectivity index (χ2n) is 5.55. The molecule has 17 heavy (non-hydrogen) atoms. The summed E-state index contributed by atoms with van der Waals surface area (Å²) in [5.74, 6) is 1.30. The van der Waals surface area contributed by atoms with Crippen molar-refractivity contribution >= 4 is 25.4 Å². The molecule has 1 nitrogen and oxygen atoms in total. The minimum absolute atomic E-state index is 0.0336. The third kappa shape index (κ3) is 6.56. The molecule has 1 aliphatic carbocycles. The molecule has 1 fully saturated rings. The van der Waals surface area contributed by atoms with Crippen molar-refractivity contribution in [2.45, 2.75) is 51.8 Å². The number of hydrogen-bond acceptors (Lipinski definition) is 2. The molecule has 0 spiro atoms. The monoisotopic (exact) mass is 253 g/mol. The molecule has 0 aromatic heterocycles. The largest absolute Gasteiger partial charge is 0.309 e.